The fraction of sp³-hybridized carbons (Fsp3) is 0.467. The van der Waals surface area contributed by atoms with Crippen molar-refractivity contribution in [2.24, 2.45) is 0 Å². The van der Waals surface area contributed by atoms with Crippen molar-refractivity contribution in [3.63, 3.8) is 0 Å². The van der Waals surface area contributed by atoms with Crippen LogP contribution in [0, 0.1) is 6.92 Å². The monoisotopic (exact) mass is 278 g/mol. The van der Waals surface area contributed by atoms with Crippen LogP contribution in [0.3, 0.4) is 0 Å². The van der Waals surface area contributed by atoms with E-state index < -0.39 is 5.97 Å². The lowest BCUT2D eigenvalue weighted by Gasteiger charge is -2.23. The van der Waals surface area contributed by atoms with Crippen LogP contribution in [-0.2, 0) is 9.59 Å². The topological polar surface area (TPSA) is 60.9 Å². The van der Waals surface area contributed by atoms with E-state index in [-0.39, 0.29) is 18.9 Å². The van der Waals surface area contributed by atoms with Crippen LogP contribution in [0.2, 0.25) is 0 Å². The number of hydrogen-bond donors (Lipinski definition) is 1. The predicted octanol–water partition coefficient (Wildman–Crippen LogP) is 1.75. The molecule has 1 amide bonds. The van der Waals surface area contributed by atoms with E-state index in [2.05, 4.69) is 0 Å². The molecule has 0 fully saturated rings. The van der Waals surface area contributed by atoms with E-state index in [1.807, 2.05) is 50.2 Å². The quantitative estimate of drug-likeness (QED) is 0.825. The Kier molecular flexibility index (Phi) is 6.18. The van der Waals surface area contributed by atoms with Gasteiger partial charge in [0.25, 0.3) is 0 Å². The SMILES string of the molecule is Cc1ccc(N(CCC(=O)O)C(=O)CCN(C)C)cc1. The molecule has 0 unspecified atom stereocenters. The number of carboxylic acid groups (broad SMARTS) is 1. The molecule has 5 heteroatoms. The fourth-order valence-electron chi connectivity index (χ4n) is 1.78. The lowest BCUT2D eigenvalue weighted by molar-refractivity contribution is -0.136. The van der Waals surface area contributed by atoms with E-state index in [4.69, 9.17) is 5.11 Å². The molecule has 0 saturated carbocycles. The van der Waals surface area contributed by atoms with Gasteiger partial charge in [0.1, 0.15) is 0 Å². The van der Waals surface area contributed by atoms with Gasteiger partial charge in [-0.05, 0) is 33.2 Å². The van der Waals surface area contributed by atoms with Crippen molar-refractivity contribution in [3.05, 3.63) is 29.8 Å². The number of nitrogens with zero attached hydrogens (tertiary/aromatic N) is 2. The van der Waals surface area contributed by atoms with Gasteiger partial charge in [0.15, 0.2) is 0 Å². The van der Waals surface area contributed by atoms with Crippen LogP contribution in [0.1, 0.15) is 18.4 Å². The van der Waals surface area contributed by atoms with Gasteiger partial charge in [0.2, 0.25) is 5.91 Å². The van der Waals surface area contributed by atoms with Crippen LogP contribution in [0.25, 0.3) is 0 Å². The average Bonchev–Trinajstić information content (AvgIpc) is 2.38. The molecule has 0 radical (unpaired) electrons. The minimum Gasteiger partial charge on any atom is -0.481 e. The maximum atomic E-state index is 12.3. The number of carboxylic acids is 1. The number of benzene rings is 1. The Balaban J connectivity index is 2.81. The largest absolute Gasteiger partial charge is 0.481 e. The first kappa shape index (κ1) is 16.2. The van der Waals surface area contributed by atoms with Gasteiger partial charge in [-0.15, -0.1) is 0 Å². The minimum absolute atomic E-state index is 0.0520. The molecule has 0 aliphatic rings. The zero-order valence-corrected chi connectivity index (χ0v) is 12.3. The van der Waals surface area contributed by atoms with Crippen LogP contribution < -0.4 is 4.90 Å². The molecular weight excluding hydrogens is 256 g/mol. The van der Waals surface area contributed by atoms with Crippen molar-refractivity contribution < 1.29 is 14.7 Å². The highest BCUT2D eigenvalue weighted by Gasteiger charge is 2.16. The Morgan fingerprint density at radius 1 is 1.05 bits per heavy atom. The highest BCUT2D eigenvalue weighted by Crippen LogP contribution is 2.16. The van der Waals surface area contributed by atoms with Crippen molar-refractivity contribution in [2.45, 2.75) is 19.8 Å². The van der Waals surface area contributed by atoms with Crippen LogP contribution in [0.5, 0.6) is 0 Å². The molecule has 0 aliphatic heterocycles. The van der Waals surface area contributed by atoms with Crippen LogP contribution in [0.4, 0.5) is 5.69 Å². The summed E-state index contributed by atoms with van der Waals surface area (Å²) in [5, 5.41) is 8.81. The van der Waals surface area contributed by atoms with Gasteiger partial charge in [-0.1, -0.05) is 17.7 Å². The second-order valence-electron chi connectivity index (χ2n) is 5.08. The summed E-state index contributed by atoms with van der Waals surface area (Å²) < 4.78 is 0. The molecule has 1 rings (SSSR count). The van der Waals surface area contributed by atoms with Crippen LogP contribution in [-0.4, -0.2) is 49.1 Å². The molecule has 1 aromatic carbocycles. The molecule has 0 atom stereocenters. The molecule has 1 aromatic rings. The minimum atomic E-state index is -0.900. The Morgan fingerprint density at radius 3 is 2.15 bits per heavy atom. The summed E-state index contributed by atoms with van der Waals surface area (Å²) in [6, 6.07) is 7.54. The average molecular weight is 278 g/mol. The summed E-state index contributed by atoms with van der Waals surface area (Å²) in [5.41, 5.74) is 1.85. The highest BCUT2D eigenvalue weighted by molar-refractivity contribution is 5.93. The second-order valence-corrected chi connectivity index (χ2v) is 5.08. The normalized spacial score (nSPS) is 10.6. The Bertz CT molecular complexity index is 455. The third kappa shape index (κ3) is 5.40. The van der Waals surface area contributed by atoms with Crippen LogP contribution in [0.15, 0.2) is 24.3 Å². The highest BCUT2D eigenvalue weighted by atomic mass is 16.4. The van der Waals surface area contributed by atoms with E-state index >= 15 is 0 Å². The molecule has 0 aromatic heterocycles. The standard InChI is InChI=1S/C15H22N2O3/c1-12-4-6-13(7-5-12)17(11-9-15(19)20)14(18)8-10-16(2)3/h4-7H,8-11H2,1-3H3,(H,19,20). The maximum absolute atomic E-state index is 12.3. The van der Waals surface area contributed by atoms with E-state index in [1.54, 1.807) is 4.90 Å². The number of amides is 1. The Morgan fingerprint density at radius 2 is 1.65 bits per heavy atom. The first-order valence-corrected chi connectivity index (χ1v) is 6.63. The Labute approximate surface area is 119 Å². The molecule has 0 aliphatic carbocycles. The molecular formula is C15H22N2O3. The number of anilines is 1. The number of aryl methyl sites for hydroxylation is 1. The molecule has 20 heavy (non-hydrogen) atoms. The van der Waals surface area contributed by atoms with Gasteiger partial charge in [0.05, 0.1) is 6.42 Å². The lowest BCUT2D eigenvalue weighted by Crippen LogP contribution is -2.34. The second kappa shape index (κ2) is 7.65. The maximum Gasteiger partial charge on any atom is 0.305 e. The predicted molar refractivity (Wildman–Crippen MR) is 79.0 cm³/mol. The fourth-order valence-corrected chi connectivity index (χ4v) is 1.78. The van der Waals surface area contributed by atoms with Crippen LogP contribution >= 0.6 is 0 Å². The summed E-state index contributed by atoms with van der Waals surface area (Å²) >= 11 is 0. The van der Waals surface area contributed by atoms with Crippen molar-refractivity contribution in [3.8, 4) is 0 Å². The Hall–Kier alpha value is -1.88. The molecule has 0 saturated heterocycles. The first-order valence-electron chi connectivity index (χ1n) is 6.63. The summed E-state index contributed by atoms with van der Waals surface area (Å²) in [4.78, 5) is 26.5. The van der Waals surface area contributed by atoms with E-state index in [0.29, 0.717) is 13.0 Å². The molecule has 0 spiro atoms. The summed E-state index contributed by atoms with van der Waals surface area (Å²) in [7, 11) is 3.81. The van der Waals surface area contributed by atoms with Gasteiger partial charge in [-0.2, -0.15) is 0 Å². The smallest absolute Gasteiger partial charge is 0.305 e. The number of hydrogen-bond acceptors (Lipinski definition) is 3. The summed E-state index contributed by atoms with van der Waals surface area (Å²) in [5.74, 6) is -0.952. The van der Waals surface area contributed by atoms with E-state index in [0.717, 1.165) is 11.3 Å². The van der Waals surface area contributed by atoms with Crippen molar-refractivity contribution in [2.75, 3.05) is 32.1 Å². The van der Waals surface area contributed by atoms with E-state index in [9.17, 15) is 9.59 Å². The number of carbonyl (C=O) groups is 2. The molecule has 0 heterocycles. The zero-order valence-electron chi connectivity index (χ0n) is 12.3. The third-order valence-corrected chi connectivity index (χ3v) is 2.97. The number of carbonyl (C=O) groups excluding carboxylic acids is 1. The number of aliphatic carboxylic acids is 1. The molecule has 0 bridgehead atoms. The van der Waals surface area contributed by atoms with Gasteiger partial charge in [0, 0.05) is 25.2 Å². The number of rotatable bonds is 7. The third-order valence-electron chi connectivity index (χ3n) is 2.97. The van der Waals surface area contributed by atoms with Gasteiger partial charge >= 0.3 is 5.97 Å². The van der Waals surface area contributed by atoms with Gasteiger partial charge in [-0.25, -0.2) is 0 Å². The summed E-state index contributed by atoms with van der Waals surface area (Å²) in [6.07, 6.45) is 0.322. The first-order chi connectivity index (χ1) is 9.40. The molecule has 5 nitrogen and oxygen atoms in total. The van der Waals surface area contributed by atoms with Gasteiger partial charge in [-0.3, -0.25) is 9.59 Å². The molecule has 110 valence electrons. The van der Waals surface area contributed by atoms with E-state index in [1.165, 1.54) is 0 Å². The summed E-state index contributed by atoms with van der Waals surface area (Å²) in [6.45, 7) is 2.82. The zero-order chi connectivity index (χ0) is 15.1. The van der Waals surface area contributed by atoms with Crippen molar-refractivity contribution in [1.82, 2.24) is 4.90 Å². The van der Waals surface area contributed by atoms with Crippen molar-refractivity contribution in [1.29, 1.82) is 0 Å². The molecule has 1 N–H and O–H groups in total. The lowest BCUT2D eigenvalue weighted by atomic mass is 10.2. The van der Waals surface area contributed by atoms with Gasteiger partial charge < -0.3 is 14.9 Å². The van der Waals surface area contributed by atoms with Crippen molar-refractivity contribution >= 4 is 17.6 Å².